The standard InChI is InChI=1S/C24H27N3O2/c1-15-18(4)29-23-20(15)11-8-12-21(23)24(28)25-13-22-16(2)26-27(17(22)3)14-19-9-6-5-7-10-19/h5-12,15,18H,13-14H2,1-4H3,(H,25,28)/t15-,18-/m0/s1. The van der Waals surface area contributed by atoms with Gasteiger partial charge in [0, 0.05) is 29.3 Å². The number of para-hydroxylation sites is 1. The zero-order valence-electron chi connectivity index (χ0n) is 17.4. The van der Waals surface area contributed by atoms with Gasteiger partial charge in [-0.05, 0) is 32.4 Å². The zero-order valence-corrected chi connectivity index (χ0v) is 17.4. The highest BCUT2D eigenvalue weighted by Gasteiger charge is 2.31. The van der Waals surface area contributed by atoms with Crippen LogP contribution in [0.25, 0.3) is 0 Å². The Morgan fingerprint density at radius 2 is 1.86 bits per heavy atom. The number of fused-ring (bicyclic) bond motifs is 1. The van der Waals surface area contributed by atoms with Crippen molar-refractivity contribution >= 4 is 5.91 Å². The van der Waals surface area contributed by atoms with Gasteiger partial charge in [-0.3, -0.25) is 9.48 Å². The molecule has 0 radical (unpaired) electrons. The highest BCUT2D eigenvalue weighted by atomic mass is 16.5. The summed E-state index contributed by atoms with van der Waals surface area (Å²) in [7, 11) is 0. The predicted molar refractivity (Wildman–Crippen MR) is 113 cm³/mol. The summed E-state index contributed by atoms with van der Waals surface area (Å²) >= 11 is 0. The van der Waals surface area contributed by atoms with E-state index >= 15 is 0 Å². The van der Waals surface area contributed by atoms with Crippen LogP contribution in [-0.4, -0.2) is 21.8 Å². The number of hydrogen-bond donors (Lipinski definition) is 1. The Hall–Kier alpha value is -3.08. The largest absolute Gasteiger partial charge is 0.489 e. The molecule has 0 spiro atoms. The Labute approximate surface area is 171 Å². The summed E-state index contributed by atoms with van der Waals surface area (Å²) in [6, 6.07) is 16.1. The number of amides is 1. The van der Waals surface area contributed by atoms with Gasteiger partial charge in [0.15, 0.2) is 0 Å². The molecule has 150 valence electrons. The van der Waals surface area contributed by atoms with Crippen molar-refractivity contribution in [3.63, 3.8) is 0 Å². The maximum atomic E-state index is 12.9. The second kappa shape index (κ2) is 7.74. The molecule has 29 heavy (non-hydrogen) atoms. The van der Waals surface area contributed by atoms with Crippen molar-refractivity contribution in [2.45, 2.75) is 52.8 Å². The van der Waals surface area contributed by atoms with Crippen LogP contribution in [0.15, 0.2) is 48.5 Å². The Morgan fingerprint density at radius 1 is 1.10 bits per heavy atom. The summed E-state index contributed by atoms with van der Waals surface area (Å²) in [6.07, 6.45) is 0.0830. The lowest BCUT2D eigenvalue weighted by molar-refractivity contribution is 0.0946. The summed E-state index contributed by atoms with van der Waals surface area (Å²) in [4.78, 5) is 12.9. The molecule has 5 heteroatoms. The van der Waals surface area contributed by atoms with Gasteiger partial charge >= 0.3 is 0 Å². The van der Waals surface area contributed by atoms with Crippen LogP contribution in [0.3, 0.4) is 0 Å². The molecule has 5 nitrogen and oxygen atoms in total. The first-order valence-electron chi connectivity index (χ1n) is 10.1. The van der Waals surface area contributed by atoms with Gasteiger partial charge < -0.3 is 10.1 Å². The van der Waals surface area contributed by atoms with Gasteiger partial charge in [0.2, 0.25) is 0 Å². The molecule has 2 heterocycles. The monoisotopic (exact) mass is 389 g/mol. The van der Waals surface area contributed by atoms with E-state index in [1.54, 1.807) is 0 Å². The van der Waals surface area contributed by atoms with E-state index in [2.05, 4.69) is 36.4 Å². The van der Waals surface area contributed by atoms with E-state index in [9.17, 15) is 4.79 Å². The molecule has 1 amide bonds. The molecule has 4 rings (SSSR count). The van der Waals surface area contributed by atoms with Gasteiger partial charge in [-0.1, -0.05) is 49.4 Å². The van der Waals surface area contributed by atoms with Gasteiger partial charge in [0.25, 0.3) is 5.91 Å². The molecule has 0 fully saturated rings. The summed E-state index contributed by atoms with van der Waals surface area (Å²) < 4.78 is 7.96. The molecule has 1 aromatic heterocycles. The first-order valence-corrected chi connectivity index (χ1v) is 10.1. The Morgan fingerprint density at radius 3 is 2.62 bits per heavy atom. The number of aryl methyl sites for hydroxylation is 1. The first kappa shape index (κ1) is 19.2. The van der Waals surface area contributed by atoms with E-state index in [0.29, 0.717) is 18.0 Å². The van der Waals surface area contributed by atoms with Crippen LogP contribution in [-0.2, 0) is 13.1 Å². The first-order chi connectivity index (χ1) is 14.0. The second-order valence-electron chi connectivity index (χ2n) is 7.81. The van der Waals surface area contributed by atoms with Crippen LogP contribution in [0.1, 0.15) is 58.2 Å². The Balaban J connectivity index is 1.50. The molecule has 1 aliphatic heterocycles. The maximum absolute atomic E-state index is 12.9. The molecular formula is C24H27N3O2. The molecule has 2 aromatic carbocycles. The van der Waals surface area contributed by atoms with Crippen molar-refractivity contribution in [2.24, 2.45) is 0 Å². The molecule has 2 atom stereocenters. The number of hydrogen-bond acceptors (Lipinski definition) is 3. The number of benzene rings is 2. The molecule has 3 aromatic rings. The SMILES string of the molecule is Cc1nn(Cc2ccccc2)c(C)c1CNC(=O)c1cccc2c1O[C@@H](C)[C@@H]2C. The third-order valence-electron chi connectivity index (χ3n) is 5.92. The predicted octanol–water partition coefficient (Wildman–Crippen LogP) is 4.36. The normalized spacial score (nSPS) is 17.7. The van der Waals surface area contributed by atoms with Crippen LogP contribution in [0.2, 0.25) is 0 Å². The number of carbonyl (C=O) groups excluding carboxylic acids is 1. The van der Waals surface area contributed by atoms with Crippen molar-refractivity contribution in [2.75, 3.05) is 0 Å². The van der Waals surface area contributed by atoms with Crippen molar-refractivity contribution < 1.29 is 9.53 Å². The smallest absolute Gasteiger partial charge is 0.255 e. The van der Waals surface area contributed by atoms with Crippen LogP contribution < -0.4 is 10.1 Å². The molecular weight excluding hydrogens is 362 g/mol. The quantitative estimate of drug-likeness (QED) is 0.705. The lowest BCUT2D eigenvalue weighted by Gasteiger charge is -2.11. The van der Waals surface area contributed by atoms with Crippen molar-refractivity contribution in [3.8, 4) is 5.75 Å². The second-order valence-corrected chi connectivity index (χ2v) is 7.81. The number of rotatable bonds is 5. The summed E-state index contributed by atoms with van der Waals surface area (Å²) in [6.45, 7) is 9.38. The van der Waals surface area contributed by atoms with Gasteiger partial charge in [0.1, 0.15) is 11.9 Å². The van der Waals surface area contributed by atoms with E-state index in [-0.39, 0.29) is 12.0 Å². The summed E-state index contributed by atoms with van der Waals surface area (Å²) in [5.74, 6) is 0.898. The third kappa shape index (κ3) is 3.65. The fourth-order valence-corrected chi connectivity index (χ4v) is 3.93. The zero-order chi connectivity index (χ0) is 20.5. The van der Waals surface area contributed by atoms with Gasteiger partial charge in [-0.2, -0.15) is 5.10 Å². The number of ether oxygens (including phenoxy) is 1. The fraction of sp³-hybridized carbons (Fsp3) is 0.333. The number of aromatic nitrogens is 2. The molecule has 0 saturated heterocycles. The van der Waals surface area contributed by atoms with Crippen molar-refractivity contribution in [1.29, 1.82) is 0 Å². The molecule has 1 N–H and O–H groups in total. The van der Waals surface area contributed by atoms with Crippen molar-refractivity contribution in [1.82, 2.24) is 15.1 Å². The minimum atomic E-state index is -0.113. The average molecular weight is 389 g/mol. The van der Waals surface area contributed by atoms with Gasteiger partial charge in [0.05, 0.1) is 17.8 Å². The van der Waals surface area contributed by atoms with E-state index in [4.69, 9.17) is 4.74 Å². The number of carbonyl (C=O) groups is 1. The van der Waals surface area contributed by atoms with Gasteiger partial charge in [-0.15, -0.1) is 0 Å². The van der Waals surface area contributed by atoms with Crippen LogP contribution in [0.4, 0.5) is 0 Å². The molecule has 0 aliphatic carbocycles. The Kier molecular flexibility index (Phi) is 5.14. The maximum Gasteiger partial charge on any atom is 0.255 e. The lowest BCUT2D eigenvalue weighted by atomic mass is 9.97. The van der Waals surface area contributed by atoms with E-state index < -0.39 is 0 Å². The van der Waals surface area contributed by atoms with E-state index in [1.165, 1.54) is 5.56 Å². The van der Waals surface area contributed by atoms with Gasteiger partial charge in [-0.25, -0.2) is 0 Å². The lowest BCUT2D eigenvalue weighted by Crippen LogP contribution is -2.24. The van der Waals surface area contributed by atoms with E-state index in [0.717, 1.165) is 34.8 Å². The number of nitrogens with one attached hydrogen (secondary N) is 1. The minimum absolute atomic E-state index is 0.0830. The Bertz CT molecular complexity index is 1040. The summed E-state index contributed by atoms with van der Waals surface area (Å²) in [5.41, 5.74) is 5.98. The average Bonchev–Trinajstić information content (AvgIpc) is 3.16. The number of nitrogens with zero attached hydrogens (tertiary/aromatic N) is 2. The van der Waals surface area contributed by atoms with Crippen LogP contribution >= 0.6 is 0 Å². The summed E-state index contributed by atoms with van der Waals surface area (Å²) in [5, 5.41) is 7.74. The molecule has 1 aliphatic rings. The van der Waals surface area contributed by atoms with E-state index in [1.807, 2.05) is 54.9 Å². The highest BCUT2D eigenvalue weighted by Crippen LogP contribution is 2.40. The topological polar surface area (TPSA) is 56.2 Å². The van der Waals surface area contributed by atoms with Crippen molar-refractivity contribution in [3.05, 3.63) is 82.2 Å². The minimum Gasteiger partial charge on any atom is -0.489 e. The third-order valence-corrected chi connectivity index (χ3v) is 5.92. The van der Waals surface area contributed by atoms with Crippen LogP contribution in [0, 0.1) is 13.8 Å². The highest BCUT2D eigenvalue weighted by molar-refractivity contribution is 5.97. The molecule has 0 unspecified atom stereocenters. The molecule has 0 saturated carbocycles. The fourth-order valence-electron chi connectivity index (χ4n) is 3.93. The van der Waals surface area contributed by atoms with Crippen LogP contribution in [0.5, 0.6) is 5.75 Å². The molecule has 0 bridgehead atoms.